The summed E-state index contributed by atoms with van der Waals surface area (Å²) in [5.41, 5.74) is 0. The number of nitrogens with one attached hydrogen (secondary N) is 1. The topological polar surface area (TPSA) is 80.3 Å². The Hall–Kier alpha value is -0.150. The zero-order valence-electron chi connectivity index (χ0n) is 10.5. The van der Waals surface area contributed by atoms with E-state index in [1.165, 1.54) is 12.1 Å². The van der Waals surface area contributed by atoms with E-state index < -0.39 is 31.0 Å². The lowest BCUT2D eigenvalue weighted by Crippen LogP contribution is -2.44. The first-order chi connectivity index (χ1) is 9.28. The molecule has 1 N–H and O–H groups in total. The van der Waals surface area contributed by atoms with Gasteiger partial charge in [0.25, 0.3) is 0 Å². The van der Waals surface area contributed by atoms with Gasteiger partial charge >= 0.3 is 0 Å². The minimum atomic E-state index is -3.66. The Labute approximate surface area is 127 Å². The molecular formula is C11H14ClNO4S3. The second kappa shape index (κ2) is 4.95. The highest BCUT2D eigenvalue weighted by atomic mass is 35.5. The van der Waals surface area contributed by atoms with Crippen LogP contribution in [0, 0.1) is 0 Å². The zero-order chi connectivity index (χ0) is 14.5. The molecule has 3 rings (SSSR count). The van der Waals surface area contributed by atoms with E-state index in [1.54, 1.807) is 0 Å². The van der Waals surface area contributed by atoms with Crippen molar-refractivity contribution in [3.8, 4) is 0 Å². The summed E-state index contributed by atoms with van der Waals surface area (Å²) >= 11 is 6.75. The fraction of sp³-hybridized carbons (Fsp3) is 0.636. The molecule has 1 aromatic rings. The molecule has 2 fully saturated rings. The van der Waals surface area contributed by atoms with E-state index in [9.17, 15) is 16.8 Å². The summed E-state index contributed by atoms with van der Waals surface area (Å²) in [4.78, 5) is 0. The van der Waals surface area contributed by atoms with Crippen LogP contribution < -0.4 is 5.32 Å². The number of rotatable bonds is 4. The molecule has 112 valence electrons. The average molecular weight is 356 g/mol. The van der Waals surface area contributed by atoms with Gasteiger partial charge in [-0.15, -0.1) is 11.3 Å². The van der Waals surface area contributed by atoms with Gasteiger partial charge in [0.1, 0.15) is 4.21 Å². The van der Waals surface area contributed by atoms with E-state index in [-0.39, 0.29) is 21.8 Å². The van der Waals surface area contributed by atoms with Gasteiger partial charge in [-0.3, -0.25) is 0 Å². The van der Waals surface area contributed by atoms with Gasteiger partial charge in [0.15, 0.2) is 19.7 Å². The number of hydrogen-bond donors (Lipinski definition) is 1. The van der Waals surface area contributed by atoms with E-state index in [4.69, 9.17) is 11.6 Å². The lowest BCUT2D eigenvalue weighted by atomic mass is 10.2. The van der Waals surface area contributed by atoms with Crippen LogP contribution in [0.4, 0.5) is 0 Å². The van der Waals surface area contributed by atoms with Crippen molar-refractivity contribution in [2.24, 2.45) is 0 Å². The van der Waals surface area contributed by atoms with Gasteiger partial charge in [-0.25, -0.2) is 16.8 Å². The Kier molecular flexibility index (Phi) is 3.65. The van der Waals surface area contributed by atoms with Crippen LogP contribution in [0.5, 0.6) is 0 Å². The van der Waals surface area contributed by atoms with Gasteiger partial charge in [0.2, 0.25) is 0 Å². The van der Waals surface area contributed by atoms with Crippen LogP contribution in [0.15, 0.2) is 16.3 Å². The summed E-state index contributed by atoms with van der Waals surface area (Å²) in [7, 11) is -6.98. The first-order valence-corrected chi connectivity index (χ1v) is 10.8. The molecule has 0 aromatic carbocycles. The molecule has 2 heterocycles. The molecule has 0 unspecified atom stereocenters. The second-order valence-electron chi connectivity index (χ2n) is 5.27. The van der Waals surface area contributed by atoms with Crippen LogP contribution in [-0.2, 0) is 19.7 Å². The van der Waals surface area contributed by atoms with Crippen LogP contribution in [0.2, 0.25) is 4.34 Å². The Morgan fingerprint density at radius 2 is 1.95 bits per heavy atom. The van der Waals surface area contributed by atoms with Crippen molar-refractivity contribution in [2.45, 2.75) is 34.4 Å². The average Bonchev–Trinajstić information content (AvgIpc) is 2.93. The summed E-state index contributed by atoms with van der Waals surface area (Å²) in [6, 6.07) is 2.71. The minimum Gasteiger partial charge on any atom is -0.309 e. The third-order valence-electron chi connectivity index (χ3n) is 3.56. The van der Waals surface area contributed by atoms with E-state index in [0.717, 1.165) is 24.2 Å². The van der Waals surface area contributed by atoms with Gasteiger partial charge < -0.3 is 5.32 Å². The second-order valence-corrected chi connectivity index (χ2v) is 11.5. The monoisotopic (exact) mass is 355 g/mol. The van der Waals surface area contributed by atoms with Crippen LogP contribution in [0.3, 0.4) is 0 Å². The third kappa shape index (κ3) is 2.89. The third-order valence-corrected chi connectivity index (χ3v) is 9.46. The maximum Gasteiger partial charge on any atom is 0.193 e. The fourth-order valence-corrected chi connectivity index (χ4v) is 8.82. The highest BCUT2D eigenvalue weighted by Crippen LogP contribution is 2.33. The normalized spacial score (nSPS) is 29.6. The Balaban J connectivity index is 1.93. The molecule has 1 saturated heterocycles. The quantitative estimate of drug-likeness (QED) is 0.874. The molecule has 20 heavy (non-hydrogen) atoms. The van der Waals surface area contributed by atoms with Gasteiger partial charge in [0, 0.05) is 12.1 Å². The molecule has 0 radical (unpaired) electrons. The fourth-order valence-electron chi connectivity index (χ4n) is 2.43. The van der Waals surface area contributed by atoms with E-state index >= 15 is 0 Å². The summed E-state index contributed by atoms with van der Waals surface area (Å²) in [5.74, 6) is -0.415. The molecule has 2 aliphatic rings. The molecular weight excluding hydrogens is 342 g/mol. The Morgan fingerprint density at radius 1 is 1.25 bits per heavy atom. The highest BCUT2D eigenvalue weighted by molar-refractivity contribution is 7.97. The van der Waals surface area contributed by atoms with Crippen molar-refractivity contribution in [3.05, 3.63) is 16.5 Å². The van der Waals surface area contributed by atoms with Crippen LogP contribution in [0.25, 0.3) is 0 Å². The van der Waals surface area contributed by atoms with Gasteiger partial charge in [-0.1, -0.05) is 11.6 Å². The number of sulfone groups is 2. The van der Waals surface area contributed by atoms with Gasteiger partial charge in [-0.05, 0) is 25.0 Å². The molecule has 1 aromatic heterocycles. The smallest absolute Gasteiger partial charge is 0.193 e. The number of thiophene rings is 1. The molecule has 9 heteroatoms. The van der Waals surface area contributed by atoms with Crippen molar-refractivity contribution in [3.63, 3.8) is 0 Å². The predicted octanol–water partition coefficient (Wildman–Crippen LogP) is 1.09. The Morgan fingerprint density at radius 3 is 2.50 bits per heavy atom. The molecule has 1 saturated carbocycles. The van der Waals surface area contributed by atoms with E-state index in [2.05, 4.69) is 5.32 Å². The predicted molar refractivity (Wildman–Crippen MR) is 78.9 cm³/mol. The van der Waals surface area contributed by atoms with Crippen LogP contribution in [0.1, 0.15) is 12.8 Å². The van der Waals surface area contributed by atoms with Gasteiger partial charge in [-0.2, -0.15) is 0 Å². The molecule has 1 aliphatic heterocycles. The first-order valence-electron chi connectivity index (χ1n) is 6.24. The number of hydrogen-bond acceptors (Lipinski definition) is 6. The molecule has 0 bridgehead atoms. The zero-order valence-corrected chi connectivity index (χ0v) is 13.7. The standard InChI is InChI=1S/C11H14ClNO4S3/c12-10-3-4-11(18-10)20(16,17)9-6-19(14,15)5-8(9)13-7-1-2-7/h3-4,7-9,13H,1-2,5-6H2/t8-,9-/m0/s1. The van der Waals surface area contributed by atoms with Crippen LogP contribution in [-0.4, -0.2) is 45.7 Å². The summed E-state index contributed by atoms with van der Waals surface area (Å²) in [5, 5.41) is 2.24. The van der Waals surface area contributed by atoms with E-state index in [0.29, 0.717) is 4.34 Å². The minimum absolute atomic E-state index is 0.105. The lowest BCUT2D eigenvalue weighted by Gasteiger charge is -2.18. The Bertz CT molecular complexity index is 721. The first kappa shape index (κ1) is 14.8. The van der Waals surface area contributed by atoms with Crippen molar-refractivity contribution >= 4 is 42.6 Å². The van der Waals surface area contributed by atoms with Crippen molar-refractivity contribution in [2.75, 3.05) is 11.5 Å². The maximum absolute atomic E-state index is 12.6. The van der Waals surface area contributed by atoms with Crippen molar-refractivity contribution in [1.29, 1.82) is 0 Å². The molecule has 0 spiro atoms. The van der Waals surface area contributed by atoms with Crippen LogP contribution >= 0.6 is 22.9 Å². The van der Waals surface area contributed by atoms with E-state index in [1.807, 2.05) is 0 Å². The van der Waals surface area contributed by atoms with Gasteiger partial charge in [0.05, 0.1) is 21.1 Å². The summed E-state index contributed by atoms with van der Waals surface area (Å²) in [6.45, 7) is 0. The number of halogens is 1. The summed E-state index contributed by atoms with van der Waals surface area (Å²) in [6.07, 6.45) is 1.96. The highest BCUT2D eigenvalue weighted by Gasteiger charge is 2.47. The molecule has 5 nitrogen and oxygen atoms in total. The molecule has 0 amide bonds. The van der Waals surface area contributed by atoms with Crippen molar-refractivity contribution < 1.29 is 16.8 Å². The van der Waals surface area contributed by atoms with Crippen molar-refractivity contribution in [1.82, 2.24) is 5.32 Å². The lowest BCUT2D eigenvalue weighted by molar-refractivity contribution is 0.525. The maximum atomic E-state index is 12.6. The molecule has 2 atom stereocenters. The SMILES string of the molecule is O=S1(=O)C[C@H](NC2CC2)[C@@H](S(=O)(=O)c2ccc(Cl)s2)C1. The molecule has 1 aliphatic carbocycles. The summed E-state index contributed by atoms with van der Waals surface area (Å²) < 4.78 is 49.3. The largest absolute Gasteiger partial charge is 0.309 e.